The van der Waals surface area contributed by atoms with Crippen LogP contribution in [0, 0.1) is 0 Å². The highest BCUT2D eigenvalue weighted by Crippen LogP contribution is 2.28. The topological polar surface area (TPSA) is 54.5 Å². The molecule has 0 N–H and O–H groups in total. The van der Waals surface area contributed by atoms with Crippen LogP contribution in [0.15, 0.2) is 35.0 Å². The summed E-state index contributed by atoms with van der Waals surface area (Å²) in [5.41, 5.74) is 4.04. The van der Waals surface area contributed by atoms with E-state index in [0.29, 0.717) is 18.3 Å². The van der Waals surface area contributed by atoms with Crippen molar-refractivity contribution in [3.8, 4) is 0 Å². The van der Waals surface area contributed by atoms with Crippen molar-refractivity contribution in [2.24, 2.45) is 7.05 Å². The summed E-state index contributed by atoms with van der Waals surface area (Å²) in [6.07, 6.45) is 4.52. The van der Waals surface area contributed by atoms with Gasteiger partial charge in [-0.25, -0.2) is 0 Å². The van der Waals surface area contributed by atoms with Crippen molar-refractivity contribution in [2.45, 2.75) is 45.7 Å². The lowest BCUT2D eigenvalue weighted by atomic mass is 9.90. The zero-order chi connectivity index (χ0) is 19.6. The van der Waals surface area contributed by atoms with E-state index in [1.54, 1.807) is 18.2 Å². The first-order valence-corrected chi connectivity index (χ1v) is 9.61. The third-order valence-corrected chi connectivity index (χ3v) is 5.35. The van der Waals surface area contributed by atoms with Crippen molar-refractivity contribution >= 4 is 5.91 Å². The average Bonchev–Trinajstić information content (AvgIpc) is 3.26. The van der Waals surface area contributed by atoms with Crippen LogP contribution in [0.5, 0.6) is 0 Å². The molecule has 1 atom stereocenters. The minimum absolute atomic E-state index is 0.0492. The van der Waals surface area contributed by atoms with E-state index in [9.17, 15) is 4.79 Å². The van der Waals surface area contributed by atoms with E-state index in [2.05, 4.69) is 30.4 Å². The molecule has 2 aromatic heterocycles. The predicted molar refractivity (Wildman–Crippen MR) is 106 cm³/mol. The number of furan rings is 1. The molecule has 27 heavy (non-hydrogen) atoms. The minimum Gasteiger partial charge on any atom is -0.467 e. The number of carbonyl (C=O) groups is 1. The molecule has 0 spiro atoms. The molecule has 6 nitrogen and oxygen atoms in total. The number of fused-ring (bicyclic) bond motifs is 1. The fourth-order valence-corrected chi connectivity index (χ4v) is 3.99. The molecule has 2 aromatic rings. The molecule has 0 fully saturated rings. The van der Waals surface area contributed by atoms with Crippen molar-refractivity contribution in [3.63, 3.8) is 0 Å². The number of hydrogen-bond acceptors (Lipinski definition) is 4. The summed E-state index contributed by atoms with van der Waals surface area (Å²) in [4.78, 5) is 17.2. The summed E-state index contributed by atoms with van der Waals surface area (Å²) < 4.78 is 7.26. The Labute approximate surface area is 161 Å². The Morgan fingerprint density at radius 2 is 2.26 bits per heavy atom. The van der Waals surface area contributed by atoms with Crippen LogP contribution in [0.25, 0.3) is 0 Å². The highest BCUT2D eigenvalue weighted by Gasteiger charge is 2.31. The van der Waals surface area contributed by atoms with Crippen LogP contribution in [0.2, 0.25) is 0 Å². The van der Waals surface area contributed by atoms with Gasteiger partial charge in [0.05, 0.1) is 12.8 Å². The van der Waals surface area contributed by atoms with Gasteiger partial charge in [0.25, 0.3) is 5.91 Å². The predicted octanol–water partition coefficient (Wildman–Crippen LogP) is 3.04. The molecule has 0 bridgehead atoms. The Balaban J connectivity index is 1.81. The SMILES string of the molecule is C=C(C)CN(CC)C1CCc2c(c(C(=O)N(C)Cc3ccco3)nn2C)C1. The second-order valence-electron chi connectivity index (χ2n) is 7.55. The molecule has 2 heterocycles. The molecule has 1 unspecified atom stereocenters. The maximum absolute atomic E-state index is 13.1. The first-order chi connectivity index (χ1) is 12.9. The molecule has 6 heteroatoms. The lowest BCUT2D eigenvalue weighted by Crippen LogP contribution is -2.40. The Morgan fingerprint density at radius 1 is 1.48 bits per heavy atom. The number of likely N-dealkylation sites (N-methyl/N-ethyl adjacent to an activating group) is 1. The molecule has 1 aliphatic rings. The minimum atomic E-state index is -0.0492. The van der Waals surface area contributed by atoms with Crippen LogP contribution in [-0.2, 0) is 26.4 Å². The normalized spacial score (nSPS) is 16.4. The maximum Gasteiger partial charge on any atom is 0.274 e. The van der Waals surface area contributed by atoms with Crippen molar-refractivity contribution in [1.82, 2.24) is 19.6 Å². The number of aromatic nitrogens is 2. The van der Waals surface area contributed by atoms with Gasteiger partial charge in [-0.3, -0.25) is 14.4 Å². The highest BCUT2D eigenvalue weighted by molar-refractivity contribution is 5.94. The van der Waals surface area contributed by atoms with Gasteiger partial charge >= 0.3 is 0 Å². The quantitative estimate of drug-likeness (QED) is 0.703. The van der Waals surface area contributed by atoms with Crippen molar-refractivity contribution in [1.29, 1.82) is 0 Å². The van der Waals surface area contributed by atoms with Gasteiger partial charge in [0, 0.05) is 37.9 Å². The third-order valence-electron chi connectivity index (χ3n) is 5.35. The van der Waals surface area contributed by atoms with Gasteiger partial charge in [0.1, 0.15) is 5.76 Å². The molecule has 0 aliphatic heterocycles. The van der Waals surface area contributed by atoms with Crippen LogP contribution in [-0.4, -0.2) is 51.7 Å². The largest absolute Gasteiger partial charge is 0.467 e. The van der Waals surface area contributed by atoms with Gasteiger partial charge in [-0.15, -0.1) is 0 Å². The standard InChI is InChI=1S/C21H30N4O2/c1-6-25(13-15(2)3)16-9-10-19-18(12-16)20(22-24(19)5)21(26)23(4)14-17-8-7-11-27-17/h7-8,11,16H,2,6,9-10,12-14H2,1,3-5H3. The maximum atomic E-state index is 13.1. The number of hydrogen-bond donors (Lipinski definition) is 0. The first-order valence-electron chi connectivity index (χ1n) is 9.61. The first kappa shape index (κ1) is 19.4. The van der Waals surface area contributed by atoms with E-state index < -0.39 is 0 Å². The van der Waals surface area contributed by atoms with Crippen LogP contribution >= 0.6 is 0 Å². The molecular formula is C21H30N4O2. The van der Waals surface area contributed by atoms with Gasteiger partial charge in [-0.05, 0) is 44.9 Å². The van der Waals surface area contributed by atoms with Crippen molar-refractivity contribution in [2.75, 3.05) is 20.1 Å². The monoisotopic (exact) mass is 370 g/mol. The van der Waals surface area contributed by atoms with E-state index >= 15 is 0 Å². The molecule has 1 amide bonds. The van der Waals surface area contributed by atoms with Crippen LogP contribution < -0.4 is 0 Å². The van der Waals surface area contributed by atoms with Gasteiger partial charge in [0.2, 0.25) is 0 Å². The Hall–Kier alpha value is -2.34. The Kier molecular flexibility index (Phi) is 5.85. The number of carbonyl (C=O) groups excluding carboxylic acids is 1. The van der Waals surface area contributed by atoms with Crippen LogP contribution in [0.4, 0.5) is 0 Å². The fraction of sp³-hybridized carbons (Fsp3) is 0.524. The summed E-state index contributed by atoms with van der Waals surface area (Å²) in [5.74, 6) is 0.721. The zero-order valence-corrected chi connectivity index (χ0v) is 16.9. The van der Waals surface area contributed by atoms with Crippen molar-refractivity contribution in [3.05, 3.63) is 53.3 Å². The van der Waals surface area contributed by atoms with E-state index in [1.165, 1.54) is 11.3 Å². The van der Waals surface area contributed by atoms with Gasteiger partial charge < -0.3 is 9.32 Å². The average molecular weight is 370 g/mol. The van der Waals surface area contributed by atoms with Gasteiger partial charge in [-0.1, -0.05) is 19.1 Å². The molecule has 3 rings (SSSR count). The summed E-state index contributed by atoms with van der Waals surface area (Å²) in [7, 11) is 3.74. The van der Waals surface area contributed by atoms with Crippen LogP contribution in [0.3, 0.4) is 0 Å². The van der Waals surface area contributed by atoms with E-state index in [0.717, 1.165) is 43.7 Å². The smallest absolute Gasteiger partial charge is 0.274 e. The molecule has 146 valence electrons. The summed E-state index contributed by atoms with van der Waals surface area (Å²) in [5, 5.41) is 4.58. The molecule has 0 saturated heterocycles. The lowest BCUT2D eigenvalue weighted by Gasteiger charge is -2.34. The van der Waals surface area contributed by atoms with Gasteiger partial charge in [0.15, 0.2) is 5.69 Å². The van der Waals surface area contributed by atoms with E-state index in [4.69, 9.17) is 4.42 Å². The molecule has 0 aromatic carbocycles. The molecule has 0 radical (unpaired) electrons. The molecule has 0 saturated carbocycles. The van der Waals surface area contributed by atoms with Crippen LogP contribution in [0.1, 0.15) is 47.8 Å². The number of nitrogens with zero attached hydrogens (tertiary/aromatic N) is 4. The number of amides is 1. The fourth-order valence-electron chi connectivity index (χ4n) is 3.99. The number of rotatable bonds is 7. The Bertz CT molecular complexity index is 807. The van der Waals surface area contributed by atoms with Gasteiger partial charge in [-0.2, -0.15) is 5.10 Å². The van der Waals surface area contributed by atoms with E-state index in [1.807, 2.05) is 23.9 Å². The highest BCUT2D eigenvalue weighted by atomic mass is 16.3. The Morgan fingerprint density at radius 3 is 2.89 bits per heavy atom. The third kappa shape index (κ3) is 4.16. The summed E-state index contributed by atoms with van der Waals surface area (Å²) >= 11 is 0. The number of aryl methyl sites for hydroxylation is 1. The molecular weight excluding hydrogens is 340 g/mol. The zero-order valence-electron chi connectivity index (χ0n) is 16.9. The van der Waals surface area contributed by atoms with Crippen molar-refractivity contribution < 1.29 is 9.21 Å². The lowest BCUT2D eigenvalue weighted by molar-refractivity contribution is 0.0767. The second-order valence-corrected chi connectivity index (χ2v) is 7.55. The summed E-state index contributed by atoms with van der Waals surface area (Å²) in [6, 6.07) is 4.14. The summed E-state index contributed by atoms with van der Waals surface area (Å²) in [6.45, 7) is 10.6. The second kappa shape index (κ2) is 8.13. The van der Waals surface area contributed by atoms with E-state index in [-0.39, 0.29) is 5.91 Å². The molecule has 1 aliphatic carbocycles.